The zero-order valence-corrected chi connectivity index (χ0v) is 13.7. The van der Waals surface area contributed by atoms with E-state index < -0.39 is 8.24 Å². The van der Waals surface area contributed by atoms with Gasteiger partial charge in [0.1, 0.15) is 14.5 Å². The van der Waals surface area contributed by atoms with Crippen LogP contribution in [0.3, 0.4) is 0 Å². The minimum Gasteiger partial charge on any atom is -0.308 e. The van der Waals surface area contributed by atoms with E-state index in [9.17, 15) is 4.79 Å². The molecule has 0 amide bonds. The Labute approximate surface area is 117 Å². The summed E-state index contributed by atoms with van der Waals surface area (Å²) >= 11 is 0. The van der Waals surface area contributed by atoms with Gasteiger partial charge >= 0.3 is 0 Å². The molecule has 1 atom stereocenters. The van der Waals surface area contributed by atoms with Crippen molar-refractivity contribution in [3.63, 3.8) is 0 Å². The molecule has 0 radical (unpaired) electrons. The van der Waals surface area contributed by atoms with E-state index in [1.165, 1.54) is 6.29 Å². The number of hydrogen-bond donors (Lipinski definition) is 0. The molecule has 1 aromatic carbocycles. The van der Waals surface area contributed by atoms with Crippen LogP contribution in [0.4, 0.5) is 0 Å². The monoisotopic (exact) mass is 275 g/mol. The summed E-state index contributed by atoms with van der Waals surface area (Å²) in [5, 5.41) is 0.260. The number of carbonyl (C=O) groups excluding carboxylic acids is 1. The lowest BCUT2D eigenvalue weighted by atomic mass is 9.82. The molecule has 0 aromatic heterocycles. The predicted molar refractivity (Wildman–Crippen MR) is 82.7 cm³/mol. The normalized spacial score (nSPS) is 24.9. The van der Waals surface area contributed by atoms with E-state index in [1.54, 1.807) is 0 Å². The number of benzene rings is 1. The average molecular weight is 275 g/mol. The molecule has 1 unspecified atom stereocenters. The van der Waals surface area contributed by atoms with Crippen molar-refractivity contribution in [3.05, 3.63) is 35.9 Å². The van der Waals surface area contributed by atoms with Crippen LogP contribution in [-0.2, 0) is 10.3 Å². The van der Waals surface area contributed by atoms with Crippen molar-refractivity contribution in [2.75, 3.05) is 6.54 Å². The zero-order chi connectivity index (χ0) is 14.3. The summed E-state index contributed by atoms with van der Waals surface area (Å²) in [6, 6.07) is 10.3. The maximum absolute atomic E-state index is 11.9. The Morgan fingerprint density at radius 1 is 1.21 bits per heavy atom. The molecule has 0 aliphatic carbocycles. The highest BCUT2D eigenvalue weighted by Gasteiger charge is 2.56. The van der Waals surface area contributed by atoms with Gasteiger partial charge in [0, 0.05) is 0 Å². The Bertz CT molecular complexity index is 463. The van der Waals surface area contributed by atoms with Crippen molar-refractivity contribution in [2.45, 2.75) is 50.9 Å². The highest BCUT2D eigenvalue weighted by molar-refractivity contribution is 6.78. The maximum atomic E-state index is 11.9. The first-order valence-corrected chi connectivity index (χ1v) is 10.00. The number of aldehydes is 1. The van der Waals surface area contributed by atoms with Gasteiger partial charge in [0.2, 0.25) is 0 Å². The molecule has 0 saturated carbocycles. The lowest BCUT2D eigenvalue weighted by molar-refractivity contribution is -0.122. The zero-order valence-electron chi connectivity index (χ0n) is 12.7. The third-order valence-corrected chi connectivity index (χ3v) is 10.8. The summed E-state index contributed by atoms with van der Waals surface area (Å²) in [5.41, 5.74) is 0.783. The molecule has 1 aliphatic rings. The molecular weight excluding hydrogens is 250 g/mol. The Morgan fingerprint density at radius 2 is 1.79 bits per heavy atom. The van der Waals surface area contributed by atoms with E-state index in [1.807, 2.05) is 18.2 Å². The predicted octanol–water partition coefficient (Wildman–Crippen LogP) is 3.79. The first kappa shape index (κ1) is 14.5. The summed E-state index contributed by atoms with van der Waals surface area (Å²) < 4.78 is 2.50. The third kappa shape index (κ3) is 2.09. The minimum absolute atomic E-state index is 0.260. The topological polar surface area (TPSA) is 20.3 Å². The van der Waals surface area contributed by atoms with Crippen molar-refractivity contribution in [2.24, 2.45) is 0 Å². The summed E-state index contributed by atoms with van der Waals surface area (Å²) in [6.07, 6.45) is 2.12. The largest absolute Gasteiger partial charge is 0.308 e. The van der Waals surface area contributed by atoms with E-state index in [0.29, 0.717) is 0 Å². The van der Waals surface area contributed by atoms with Gasteiger partial charge in [-0.3, -0.25) is 0 Å². The molecule has 1 heterocycles. The lowest BCUT2D eigenvalue weighted by Gasteiger charge is -2.60. The quantitative estimate of drug-likeness (QED) is 0.618. The summed E-state index contributed by atoms with van der Waals surface area (Å²) in [4.78, 5) is 11.9. The Hall–Kier alpha value is -0.933. The van der Waals surface area contributed by atoms with Gasteiger partial charge in [0.05, 0.1) is 5.54 Å². The van der Waals surface area contributed by atoms with Crippen LogP contribution in [0, 0.1) is 0 Å². The molecule has 3 heteroatoms. The highest BCUT2D eigenvalue weighted by atomic mass is 28.3. The van der Waals surface area contributed by atoms with Crippen LogP contribution in [0.2, 0.25) is 18.1 Å². The van der Waals surface area contributed by atoms with Crippen molar-refractivity contribution in [1.82, 2.24) is 4.57 Å². The van der Waals surface area contributed by atoms with Crippen molar-refractivity contribution < 1.29 is 4.79 Å². The fraction of sp³-hybridized carbons (Fsp3) is 0.562. The van der Waals surface area contributed by atoms with Gasteiger partial charge in [0.25, 0.3) is 0 Å². The second-order valence-corrected chi connectivity index (χ2v) is 12.3. The first-order valence-electron chi connectivity index (χ1n) is 7.05. The van der Waals surface area contributed by atoms with Gasteiger partial charge < -0.3 is 9.36 Å². The molecule has 19 heavy (non-hydrogen) atoms. The molecule has 0 N–H and O–H groups in total. The van der Waals surface area contributed by atoms with E-state index >= 15 is 0 Å². The first-order chi connectivity index (χ1) is 8.75. The van der Waals surface area contributed by atoms with Gasteiger partial charge in [-0.05, 0) is 23.6 Å². The van der Waals surface area contributed by atoms with Gasteiger partial charge in [-0.15, -0.1) is 0 Å². The molecule has 2 nitrogen and oxygen atoms in total. The molecule has 0 spiro atoms. The highest BCUT2D eigenvalue weighted by Crippen LogP contribution is 2.49. The van der Waals surface area contributed by atoms with Crippen LogP contribution >= 0.6 is 0 Å². The molecule has 1 fully saturated rings. The summed E-state index contributed by atoms with van der Waals surface area (Å²) in [6.45, 7) is 12.7. The Balaban J connectivity index is 2.42. The molecule has 2 rings (SSSR count). The average Bonchev–Trinajstić information content (AvgIpc) is 2.28. The van der Waals surface area contributed by atoms with Crippen LogP contribution in [-0.4, -0.2) is 25.6 Å². The van der Waals surface area contributed by atoms with E-state index in [0.717, 1.165) is 18.5 Å². The van der Waals surface area contributed by atoms with Crippen molar-refractivity contribution >= 4 is 14.5 Å². The maximum Gasteiger partial charge on any atom is 0.144 e. The molecule has 1 aliphatic heterocycles. The number of nitrogens with zero attached hydrogens (tertiary/aromatic N) is 1. The van der Waals surface area contributed by atoms with Gasteiger partial charge in [-0.25, -0.2) is 0 Å². The second-order valence-electron chi connectivity index (χ2n) is 7.12. The van der Waals surface area contributed by atoms with E-state index in [2.05, 4.69) is 50.6 Å². The SMILES string of the molecule is CC(C)(C)[Si](C)(C)N1CCC1(C=O)c1ccccc1. The smallest absolute Gasteiger partial charge is 0.144 e. The Kier molecular flexibility index (Phi) is 3.48. The molecular formula is C16H25NOSi. The standard InChI is InChI=1S/C16H25NOSi/c1-15(2,3)19(4,5)17-12-11-16(17,13-18)14-9-7-6-8-10-14/h6-10,13H,11-12H2,1-5H3. The lowest BCUT2D eigenvalue weighted by Crippen LogP contribution is -2.71. The number of hydrogen-bond acceptors (Lipinski definition) is 2. The van der Waals surface area contributed by atoms with Crippen molar-refractivity contribution in [1.29, 1.82) is 0 Å². The third-order valence-electron chi connectivity index (χ3n) is 5.18. The molecule has 0 bridgehead atoms. The summed E-state index contributed by atoms with van der Waals surface area (Å²) in [5.74, 6) is 0. The van der Waals surface area contributed by atoms with Crippen LogP contribution in [0.25, 0.3) is 0 Å². The number of carbonyl (C=O) groups is 1. The Morgan fingerprint density at radius 3 is 2.16 bits per heavy atom. The van der Waals surface area contributed by atoms with Gasteiger partial charge in [-0.1, -0.05) is 64.2 Å². The molecule has 104 valence electrons. The van der Waals surface area contributed by atoms with Crippen LogP contribution in [0.15, 0.2) is 30.3 Å². The van der Waals surface area contributed by atoms with Crippen molar-refractivity contribution in [3.8, 4) is 0 Å². The fourth-order valence-electron chi connectivity index (χ4n) is 2.87. The summed E-state index contributed by atoms with van der Waals surface area (Å²) in [7, 11) is -1.66. The van der Waals surface area contributed by atoms with Gasteiger partial charge in [0.15, 0.2) is 0 Å². The molecule has 1 aromatic rings. The van der Waals surface area contributed by atoms with E-state index in [-0.39, 0.29) is 10.6 Å². The van der Waals surface area contributed by atoms with Crippen LogP contribution < -0.4 is 0 Å². The van der Waals surface area contributed by atoms with Crippen LogP contribution in [0.1, 0.15) is 32.8 Å². The van der Waals surface area contributed by atoms with Gasteiger partial charge in [-0.2, -0.15) is 0 Å². The molecule has 1 saturated heterocycles. The van der Waals surface area contributed by atoms with E-state index in [4.69, 9.17) is 0 Å². The number of rotatable bonds is 3. The minimum atomic E-state index is -1.66. The second kappa shape index (κ2) is 4.56. The fourth-order valence-corrected chi connectivity index (χ4v) is 5.64. The van der Waals surface area contributed by atoms with Crippen LogP contribution in [0.5, 0.6) is 0 Å².